The van der Waals surface area contributed by atoms with Gasteiger partial charge in [0.25, 0.3) is 0 Å². The molecule has 0 aliphatic heterocycles. The third-order valence-corrected chi connectivity index (χ3v) is 0. The molecule has 14 heavy (non-hydrogen) atoms. The molecule has 0 aromatic heterocycles. The van der Waals surface area contributed by atoms with Crippen molar-refractivity contribution in [3.8, 4) is 0 Å². The molecule has 0 amide bonds. The van der Waals surface area contributed by atoms with Gasteiger partial charge in [-0.25, -0.2) is 4.79 Å². The summed E-state index contributed by atoms with van der Waals surface area (Å²) in [7, 11) is 0. The molecule has 0 spiro atoms. The van der Waals surface area contributed by atoms with Crippen molar-refractivity contribution >= 4 is 18.5 Å². The van der Waals surface area contributed by atoms with Crippen LogP contribution in [0.2, 0.25) is 0 Å². The molecule has 0 heterocycles. The van der Waals surface area contributed by atoms with Gasteiger partial charge in [-0.3, -0.25) is 0 Å². The normalized spacial score (nSPS) is 5.14. The van der Waals surface area contributed by atoms with Gasteiger partial charge in [-0.1, -0.05) is 0 Å². The van der Waals surface area contributed by atoms with Crippen LogP contribution in [0.3, 0.4) is 0 Å². The highest BCUT2D eigenvalue weighted by atomic mass is 16.6. The molecule has 0 atom stereocenters. The zero-order chi connectivity index (χ0) is 10.7. The van der Waals surface area contributed by atoms with Crippen LogP contribution in [0.4, 0.5) is 14.4 Å². The van der Waals surface area contributed by atoms with Crippen molar-refractivity contribution in [1.29, 1.82) is 0 Å². The van der Waals surface area contributed by atoms with E-state index in [9.17, 15) is 0 Å². The monoisotopic (exact) mass is 220 g/mol. The molecule has 0 aliphatic rings. The largest absolute Gasteiger partial charge is 1.00 e. The van der Waals surface area contributed by atoms with Crippen LogP contribution in [-0.4, -0.2) is 28.7 Å². The summed E-state index contributed by atoms with van der Waals surface area (Å²) in [4.78, 5) is 25.2. The second kappa shape index (κ2) is 22.4. The molecule has 0 aliphatic carbocycles. The Morgan fingerprint density at radius 3 is 0.786 bits per heavy atom. The van der Waals surface area contributed by atoms with Gasteiger partial charge >= 0.3 is 11.9 Å². The topological polar surface area (TPSA) is 254 Å². The van der Waals surface area contributed by atoms with Crippen LogP contribution in [-0.2, 0) is 0 Å². The zero-order valence-electron chi connectivity index (χ0n) is 10.7. The Morgan fingerprint density at radius 2 is 0.786 bits per heavy atom. The molecule has 0 fully saturated rings. The predicted octanol–water partition coefficient (Wildman–Crippen LogP) is -3.90. The number of rotatable bonds is 0. The second-order valence-corrected chi connectivity index (χ2v) is 0.783. The van der Waals surface area contributed by atoms with Crippen molar-refractivity contribution < 1.29 is 50.7 Å². The van der Waals surface area contributed by atoms with Crippen LogP contribution in [0.15, 0.2) is 0 Å². The minimum absolute atomic E-state index is 0. The van der Waals surface area contributed by atoms with Gasteiger partial charge < -0.3 is 52.5 Å². The quantitative estimate of drug-likeness (QED) is 0.306. The number of carboxylic acid groups (broad SMARTS) is 6. The number of hydrogen-bond acceptors (Lipinski definition) is 9. The van der Waals surface area contributed by atoms with Gasteiger partial charge in [0.15, 0.2) is 0 Å². The van der Waals surface area contributed by atoms with Crippen molar-refractivity contribution in [3.05, 3.63) is 0 Å². The average molecular weight is 220 g/mol. The van der Waals surface area contributed by atoms with Crippen LogP contribution >= 0.6 is 0 Å². The summed E-state index contributed by atoms with van der Waals surface area (Å²) in [6, 6.07) is 0. The molecule has 0 rings (SSSR count). The lowest BCUT2D eigenvalue weighted by atomic mass is 11.5. The lowest BCUT2D eigenvalue weighted by molar-refractivity contribution is -0.417. The maximum Gasteiger partial charge on any atom is 1.00 e. The lowest BCUT2D eigenvalue weighted by Gasteiger charge is -1.96. The van der Waals surface area contributed by atoms with Crippen LogP contribution in [0, 0.1) is 0 Å². The third-order valence-electron chi connectivity index (χ3n) is 0. The van der Waals surface area contributed by atoms with Crippen molar-refractivity contribution in [3.63, 3.8) is 0 Å². The molecule has 0 aromatic carbocycles. The molecule has 11 heteroatoms. The molecular formula is C3H12N2O9. The summed E-state index contributed by atoms with van der Waals surface area (Å²) in [5.74, 6) is 0. The first-order valence-electron chi connectivity index (χ1n) is 1.88. The molecular weight excluding hydrogens is 208 g/mol. The SMILES string of the molecule is N.N.O=C(O)O.O=C([O-])[O-].O=C([O-])[O-].[H+].[H+].[H+].[H+]. The Kier molecular flexibility index (Phi) is 47.8. The van der Waals surface area contributed by atoms with Crippen LogP contribution in [0.25, 0.3) is 0 Å². The third kappa shape index (κ3) is 144. The molecule has 0 aromatic rings. The minimum atomic E-state index is -2.33. The number of carbonyl (C=O) groups excluding carboxylic acids is 2. The highest BCUT2D eigenvalue weighted by molar-refractivity contribution is 5.53. The highest BCUT2D eigenvalue weighted by Crippen LogP contribution is 1.42. The average Bonchev–Trinajstić information content (AvgIpc) is 1.54. The van der Waals surface area contributed by atoms with Gasteiger partial charge in [-0.2, -0.15) is 0 Å². The van der Waals surface area contributed by atoms with E-state index < -0.39 is 18.5 Å². The van der Waals surface area contributed by atoms with E-state index >= 15 is 0 Å². The van der Waals surface area contributed by atoms with Crippen LogP contribution in [0.5, 0.6) is 0 Å². The van der Waals surface area contributed by atoms with E-state index in [1.54, 1.807) is 0 Å². The molecule has 0 saturated heterocycles. The van der Waals surface area contributed by atoms with Crippen molar-refractivity contribution in [1.82, 2.24) is 12.3 Å². The highest BCUT2D eigenvalue weighted by Gasteiger charge is 1.70. The van der Waals surface area contributed by atoms with Crippen molar-refractivity contribution in [2.24, 2.45) is 0 Å². The molecule has 11 nitrogen and oxygen atoms in total. The smallest absolute Gasteiger partial charge is 0.652 e. The molecule has 0 bridgehead atoms. The molecule has 8 N–H and O–H groups in total. The van der Waals surface area contributed by atoms with Crippen molar-refractivity contribution in [2.75, 3.05) is 0 Å². The fourth-order valence-electron chi connectivity index (χ4n) is 0. The van der Waals surface area contributed by atoms with E-state index in [1.165, 1.54) is 0 Å². The fourth-order valence-corrected chi connectivity index (χ4v) is 0. The van der Waals surface area contributed by atoms with E-state index in [4.69, 9.17) is 45.0 Å². The first-order chi connectivity index (χ1) is 5.20. The Balaban J connectivity index is -0.00000000827. The molecule has 88 valence electrons. The van der Waals surface area contributed by atoms with Gasteiger partial charge in [-0.05, 0) is 12.3 Å². The van der Waals surface area contributed by atoms with Gasteiger partial charge in [0.05, 0.1) is 0 Å². The summed E-state index contributed by atoms with van der Waals surface area (Å²) < 4.78 is 0. The first kappa shape index (κ1) is 29.8. The Bertz CT molecular complexity index is 129. The zero-order valence-corrected chi connectivity index (χ0v) is 6.67. The van der Waals surface area contributed by atoms with Gasteiger partial charge in [-0.15, -0.1) is 0 Å². The van der Waals surface area contributed by atoms with E-state index in [0.717, 1.165) is 0 Å². The van der Waals surface area contributed by atoms with Gasteiger partial charge in [0.2, 0.25) is 0 Å². The fraction of sp³-hybridized carbons (Fsp3) is 0. The maximum atomic E-state index is 8.56. The summed E-state index contributed by atoms with van der Waals surface area (Å²) >= 11 is 0. The van der Waals surface area contributed by atoms with Crippen LogP contribution < -0.4 is 32.7 Å². The van der Waals surface area contributed by atoms with Crippen molar-refractivity contribution in [2.45, 2.75) is 0 Å². The van der Waals surface area contributed by atoms with E-state index in [-0.39, 0.29) is 18.0 Å². The second-order valence-electron chi connectivity index (χ2n) is 0.783. The lowest BCUT2D eigenvalue weighted by Crippen LogP contribution is -2.37. The number of hydrogen-bond donors (Lipinski definition) is 4. The first-order valence-corrected chi connectivity index (χ1v) is 1.88. The van der Waals surface area contributed by atoms with E-state index in [1.807, 2.05) is 0 Å². The molecule has 0 saturated carbocycles. The summed E-state index contributed by atoms with van der Waals surface area (Å²) in [5.41, 5.74) is 0. The van der Waals surface area contributed by atoms with E-state index in [2.05, 4.69) is 0 Å². The Hall–Kier alpha value is -2.27. The Labute approximate surface area is 82.9 Å². The van der Waals surface area contributed by atoms with Gasteiger partial charge in [0.1, 0.15) is 0 Å². The molecule has 0 unspecified atom stereocenters. The summed E-state index contributed by atoms with van der Waals surface area (Å²) in [6.45, 7) is 0. The maximum absolute atomic E-state index is 8.56. The summed E-state index contributed by atoms with van der Waals surface area (Å²) in [6.07, 6.45) is -6.50. The minimum Gasteiger partial charge on any atom is -0.652 e. The Morgan fingerprint density at radius 1 is 0.786 bits per heavy atom. The summed E-state index contributed by atoms with van der Waals surface area (Å²) in [5, 5.41) is 47.3. The predicted molar refractivity (Wildman–Crippen MR) is 35.9 cm³/mol. The molecule has 0 radical (unpaired) electrons. The number of carbonyl (C=O) groups is 3. The standard InChI is InChI=1S/3CH2O3.2H3N/c3*2-1(3)4;;/h3*(H2,2,3,4);2*1H3. The van der Waals surface area contributed by atoms with Gasteiger partial charge in [0, 0.05) is 0 Å². The van der Waals surface area contributed by atoms with E-state index in [0.29, 0.717) is 0 Å². The van der Waals surface area contributed by atoms with Crippen LogP contribution in [0.1, 0.15) is 5.71 Å².